The van der Waals surface area contributed by atoms with E-state index >= 15 is 0 Å². The van der Waals surface area contributed by atoms with E-state index < -0.39 is 59.4 Å². The summed E-state index contributed by atoms with van der Waals surface area (Å²) in [4.78, 5) is 25.9. The zero-order chi connectivity index (χ0) is 30.1. The van der Waals surface area contributed by atoms with Crippen molar-refractivity contribution in [3.8, 4) is 0 Å². The molecule has 1 heterocycles. The van der Waals surface area contributed by atoms with Crippen LogP contribution in [0.4, 0.5) is 35.5 Å². The maximum Gasteiger partial charge on any atom is 0.416 e. The Morgan fingerprint density at radius 1 is 0.976 bits per heavy atom. The summed E-state index contributed by atoms with van der Waals surface area (Å²) in [5.74, 6) is -1.62. The lowest BCUT2D eigenvalue weighted by Crippen LogP contribution is -2.47. The van der Waals surface area contributed by atoms with Crippen molar-refractivity contribution < 1.29 is 50.2 Å². The van der Waals surface area contributed by atoms with Crippen molar-refractivity contribution in [1.29, 1.82) is 0 Å². The van der Waals surface area contributed by atoms with Gasteiger partial charge in [-0.05, 0) is 74.1 Å². The lowest BCUT2D eigenvalue weighted by atomic mass is 9.86. The van der Waals surface area contributed by atoms with Gasteiger partial charge in [0.2, 0.25) is 5.91 Å². The van der Waals surface area contributed by atoms with Crippen molar-refractivity contribution in [3.05, 3.63) is 70.5 Å². The van der Waals surface area contributed by atoms with Crippen LogP contribution in [-0.2, 0) is 21.9 Å². The quantitative estimate of drug-likeness (QED) is 0.365. The minimum Gasteiger partial charge on any atom is -0.465 e. The summed E-state index contributed by atoms with van der Waals surface area (Å²) in [5, 5.41) is 11.4. The standard InChI is InChI=1S/C28H29F7N2O4/c1-15(18-10-19(27(30,31)32)13-20(11-18)28(33,34)35)41-24-8-9-37(14-23(24)16-2-5-21(29)6-3-16)25(38)17-4-7-22(12-17)36-26(39)40/h2-3,5-6,10-11,13,15,17,22-24,36H,4,7-9,12,14H2,1H3,(H,39,40)/t15-,17-,22-,23-,24+/m1/s1. The molecule has 2 N–H and O–H groups in total. The number of amides is 2. The Bertz CT molecular complexity index is 1220. The number of hydrogen-bond acceptors (Lipinski definition) is 3. The number of ether oxygens (including phenoxy) is 1. The third-order valence-corrected chi connectivity index (χ3v) is 7.73. The lowest BCUT2D eigenvalue weighted by Gasteiger charge is -2.41. The molecular weight excluding hydrogens is 561 g/mol. The van der Waals surface area contributed by atoms with E-state index in [0.29, 0.717) is 37.0 Å². The summed E-state index contributed by atoms with van der Waals surface area (Å²) in [6, 6.07) is 6.43. The van der Waals surface area contributed by atoms with E-state index in [1.165, 1.54) is 31.2 Å². The van der Waals surface area contributed by atoms with Gasteiger partial charge in [-0.3, -0.25) is 4.79 Å². The second-order valence-electron chi connectivity index (χ2n) is 10.5. The van der Waals surface area contributed by atoms with Gasteiger partial charge >= 0.3 is 18.4 Å². The Hall–Kier alpha value is -3.35. The number of carboxylic acid groups (broad SMARTS) is 1. The Kier molecular flexibility index (Phi) is 8.86. The summed E-state index contributed by atoms with van der Waals surface area (Å²) in [6.45, 7) is 1.71. The van der Waals surface area contributed by atoms with Crippen molar-refractivity contribution in [2.75, 3.05) is 13.1 Å². The average Bonchev–Trinajstić information content (AvgIpc) is 3.35. The van der Waals surface area contributed by atoms with Crippen LogP contribution in [0.15, 0.2) is 42.5 Å². The van der Waals surface area contributed by atoms with Crippen LogP contribution in [0.2, 0.25) is 0 Å². The molecule has 5 atom stereocenters. The van der Waals surface area contributed by atoms with Crippen LogP contribution in [0, 0.1) is 11.7 Å². The molecule has 1 saturated carbocycles. The molecule has 224 valence electrons. The smallest absolute Gasteiger partial charge is 0.416 e. The summed E-state index contributed by atoms with van der Waals surface area (Å²) >= 11 is 0. The van der Waals surface area contributed by atoms with Gasteiger partial charge in [-0.25, -0.2) is 9.18 Å². The summed E-state index contributed by atoms with van der Waals surface area (Å²) in [7, 11) is 0. The van der Waals surface area contributed by atoms with Crippen LogP contribution in [0.3, 0.4) is 0 Å². The minimum absolute atomic E-state index is 0.0567. The third kappa shape index (κ3) is 7.49. The van der Waals surface area contributed by atoms with Gasteiger partial charge in [0, 0.05) is 31.0 Å². The second-order valence-corrected chi connectivity index (χ2v) is 10.5. The fourth-order valence-corrected chi connectivity index (χ4v) is 5.65. The molecule has 13 heteroatoms. The molecule has 0 spiro atoms. The van der Waals surface area contributed by atoms with Gasteiger partial charge < -0.3 is 20.1 Å². The van der Waals surface area contributed by atoms with Crippen LogP contribution >= 0.6 is 0 Å². The van der Waals surface area contributed by atoms with Crippen LogP contribution in [0.1, 0.15) is 66.9 Å². The zero-order valence-electron chi connectivity index (χ0n) is 21.9. The molecule has 0 radical (unpaired) electrons. The molecular formula is C28H29F7N2O4. The van der Waals surface area contributed by atoms with Crippen molar-refractivity contribution in [3.63, 3.8) is 0 Å². The molecule has 2 aliphatic rings. The van der Waals surface area contributed by atoms with E-state index in [9.17, 15) is 40.3 Å². The van der Waals surface area contributed by atoms with E-state index in [2.05, 4.69) is 5.32 Å². The molecule has 2 aromatic rings. The molecule has 1 saturated heterocycles. The highest BCUT2D eigenvalue weighted by Gasteiger charge is 2.40. The number of benzene rings is 2. The average molecular weight is 591 g/mol. The number of rotatable bonds is 6. The predicted molar refractivity (Wildman–Crippen MR) is 132 cm³/mol. The largest absolute Gasteiger partial charge is 0.465 e. The topological polar surface area (TPSA) is 78.9 Å². The fourth-order valence-electron chi connectivity index (χ4n) is 5.65. The third-order valence-electron chi connectivity index (χ3n) is 7.73. The van der Waals surface area contributed by atoms with Crippen LogP contribution in [0.5, 0.6) is 0 Å². The fraction of sp³-hybridized carbons (Fsp3) is 0.500. The number of nitrogens with one attached hydrogen (secondary N) is 1. The van der Waals surface area contributed by atoms with Gasteiger partial charge in [0.25, 0.3) is 0 Å². The molecule has 6 nitrogen and oxygen atoms in total. The van der Waals surface area contributed by atoms with E-state index in [1.54, 1.807) is 4.90 Å². The van der Waals surface area contributed by atoms with Gasteiger partial charge in [-0.15, -0.1) is 0 Å². The van der Waals surface area contributed by atoms with Gasteiger partial charge in [0.05, 0.1) is 23.3 Å². The van der Waals surface area contributed by atoms with Gasteiger partial charge in [-0.1, -0.05) is 12.1 Å². The number of nitrogens with zero attached hydrogens (tertiary/aromatic N) is 1. The summed E-state index contributed by atoms with van der Waals surface area (Å²) < 4.78 is 100. The highest BCUT2D eigenvalue weighted by Crippen LogP contribution is 2.40. The van der Waals surface area contributed by atoms with Gasteiger partial charge in [0.1, 0.15) is 5.82 Å². The summed E-state index contributed by atoms with van der Waals surface area (Å²) in [5.41, 5.74) is -2.59. The molecule has 1 aliphatic heterocycles. The molecule has 4 rings (SSSR count). The van der Waals surface area contributed by atoms with Crippen molar-refractivity contribution in [2.24, 2.45) is 5.92 Å². The molecule has 41 heavy (non-hydrogen) atoms. The first-order chi connectivity index (χ1) is 19.1. The number of alkyl halides is 6. The molecule has 0 unspecified atom stereocenters. The van der Waals surface area contributed by atoms with Crippen molar-refractivity contribution >= 4 is 12.0 Å². The number of carbonyl (C=O) groups excluding carboxylic acids is 1. The summed E-state index contributed by atoms with van der Waals surface area (Å²) in [6.07, 6.45) is -11.5. The van der Waals surface area contributed by atoms with Gasteiger partial charge in [-0.2, -0.15) is 26.3 Å². The monoisotopic (exact) mass is 590 g/mol. The van der Waals surface area contributed by atoms with E-state index in [-0.39, 0.29) is 43.1 Å². The van der Waals surface area contributed by atoms with Gasteiger partial charge in [0.15, 0.2) is 0 Å². The molecule has 2 aromatic carbocycles. The lowest BCUT2D eigenvalue weighted by molar-refractivity contribution is -0.143. The van der Waals surface area contributed by atoms with Crippen molar-refractivity contribution in [2.45, 2.75) is 69.1 Å². The van der Waals surface area contributed by atoms with Crippen molar-refractivity contribution in [1.82, 2.24) is 10.2 Å². The van der Waals surface area contributed by atoms with Crippen LogP contribution < -0.4 is 5.32 Å². The highest BCUT2D eigenvalue weighted by atomic mass is 19.4. The number of piperidine rings is 1. The number of hydrogen-bond donors (Lipinski definition) is 2. The molecule has 0 bridgehead atoms. The first-order valence-corrected chi connectivity index (χ1v) is 13.1. The first kappa shape index (κ1) is 30.6. The molecule has 2 fully saturated rings. The Morgan fingerprint density at radius 2 is 1.59 bits per heavy atom. The second kappa shape index (κ2) is 11.9. The number of carbonyl (C=O) groups is 2. The molecule has 1 aliphatic carbocycles. The van der Waals surface area contributed by atoms with Crippen LogP contribution in [0.25, 0.3) is 0 Å². The molecule has 2 amide bonds. The zero-order valence-corrected chi connectivity index (χ0v) is 21.9. The van der Waals surface area contributed by atoms with E-state index in [4.69, 9.17) is 9.84 Å². The highest BCUT2D eigenvalue weighted by molar-refractivity contribution is 5.79. The predicted octanol–water partition coefficient (Wildman–Crippen LogP) is 6.76. The maximum atomic E-state index is 13.7. The number of halogens is 7. The Labute approximate surface area is 231 Å². The van der Waals surface area contributed by atoms with E-state index in [0.717, 1.165) is 0 Å². The normalized spacial score (nSPS) is 24.2. The SMILES string of the molecule is C[C@@H](O[C@H]1CCN(C(=O)[C@@H]2CC[C@@H](NC(=O)O)C2)C[C@@H]1c1ccc(F)cc1)c1cc(C(F)(F)F)cc(C(F)(F)F)c1. The maximum absolute atomic E-state index is 13.7. The first-order valence-electron chi connectivity index (χ1n) is 13.1. The van der Waals surface area contributed by atoms with Crippen LogP contribution in [-0.4, -0.2) is 47.2 Å². The molecule has 0 aromatic heterocycles. The minimum atomic E-state index is -5.00. The Balaban J connectivity index is 1.56. The Morgan fingerprint density at radius 3 is 2.15 bits per heavy atom. The van der Waals surface area contributed by atoms with E-state index in [1.807, 2.05) is 0 Å². The number of likely N-dealkylation sites (tertiary alicyclic amines) is 1.